The zero-order valence-electron chi connectivity index (χ0n) is 13.1. The molecule has 3 atom stereocenters. The van der Waals surface area contributed by atoms with Gasteiger partial charge in [0.1, 0.15) is 0 Å². The van der Waals surface area contributed by atoms with E-state index in [4.69, 9.17) is 0 Å². The van der Waals surface area contributed by atoms with Crippen molar-refractivity contribution in [3.8, 4) is 0 Å². The fraction of sp³-hybridized carbons (Fsp3) is 0.611. The maximum Gasteiger partial charge on any atom is 0.217 e. The zero-order valence-corrected chi connectivity index (χ0v) is 13.1. The molecule has 2 fully saturated rings. The summed E-state index contributed by atoms with van der Waals surface area (Å²) in [5.74, 6) is 0.116. The van der Waals surface area contributed by atoms with E-state index in [2.05, 4.69) is 41.4 Å². The van der Waals surface area contributed by atoms with E-state index in [9.17, 15) is 4.79 Å². The van der Waals surface area contributed by atoms with E-state index >= 15 is 0 Å². The lowest BCUT2D eigenvalue weighted by Crippen LogP contribution is -2.56. The Kier molecular flexibility index (Phi) is 4.29. The predicted octanol–water partition coefficient (Wildman–Crippen LogP) is 3.02. The van der Waals surface area contributed by atoms with Gasteiger partial charge in [0.05, 0.1) is 0 Å². The lowest BCUT2D eigenvalue weighted by Gasteiger charge is -2.49. The summed E-state index contributed by atoms with van der Waals surface area (Å²) in [6.07, 6.45) is 6.12. The Bertz CT molecular complexity index is 482. The molecule has 2 aliphatic rings. The first-order valence-electron chi connectivity index (χ1n) is 8.20. The number of hydrogen-bond acceptors (Lipinski definition) is 2. The van der Waals surface area contributed by atoms with Crippen LogP contribution >= 0.6 is 0 Å². The summed E-state index contributed by atoms with van der Waals surface area (Å²) in [4.78, 5) is 14.0. The molecule has 0 aliphatic carbocycles. The number of benzene rings is 1. The van der Waals surface area contributed by atoms with E-state index in [1.807, 2.05) is 0 Å². The Morgan fingerprint density at radius 3 is 2.38 bits per heavy atom. The highest BCUT2D eigenvalue weighted by Gasteiger charge is 2.38. The summed E-state index contributed by atoms with van der Waals surface area (Å²) in [6.45, 7) is 4.83. The molecule has 2 bridgehead atoms. The Morgan fingerprint density at radius 2 is 1.81 bits per heavy atom. The highest BCUT2D eigenvalue weighted by Crippen LogP contribution is 2.35. The van der Waals surface area contributed by atoms with Crippen LogP contribution in [0.2, 0.25) is 0 Å². The highest BCUT2D eigenvalue weighted by atomic mass is 16.1. The van der Waals surface area contributed by atoms with Crippen molar-refractivity contribution in [1.82, 2.24) is 10.2 Å². The van der Waals surface area contributed by atoms with Crippen LogP contribution in [0, 0.1) is 6.92 Å². The van der Waals surface area contributed by atoms with Crippen molar-refractivity contribution >= 4 is 5.91 Å². The lowest BCUT2D eigenvalue weighted by molar-refractivity contribution is -0.120. The van der Waals surface area contributed by atoms with Gasteiger partial charge in [0, 0.05) is 31.6 Å². The summed E-state index contributed by atoms with van der Waals surface area (Å²) < 4.78 is 0. The fourth-order valence-corrected chi connectivity index (χ4v) is 4.05. The maximum absolute atomic E-state index is 11.3. The summed E-state index contributed by atoms with van der Waals surface area (Å²) in [7, 11) is 0. The first kappa shape index (κ1) is 14.6. The van der Waals surface area contributed by atoms with E-state index < -0.39 is 0 Å². The van der Waals surface area contributed by atoms with Crippen molar-refractivity contribution in [2.75, 3.05) is 0 Å². The van der Waals surface area contributed by atoms with Crippen LogP contribution < -0.4 is 5.32 Å². The van der Waals surface area contributed by atoms with Crippen molar-refractivity contribution in [2.24, 2.45) is 0 Å². The molecule has 3 nitrogen and oxygen atoms in total. The first-order valence-corrected chi connectivity index (χ1v) is 8.20. The number of nitrogens with one attached hydrogen (secondary N) is 1. The van der Waals surface area contributed by atoms with E-state index in [1.54, 1.807) is 6.92 Å². The second-order valence-electron chi connectivity index (χ2n) is 6.77. The molecule has 1 unspecified atom stereocenters. The van der Waals surface area contributed by atoms with Crippen LogP contribution in [0.5, 0.6) is 0 Å². The van der Waals surface area contributed by atoms with Crippen LogP contribution in [0.3, 0.4) is 0 Å². The van der Waals surface area contributed by atoms with E-state index in [1.165, 1.54) is 30.4 Å². The normalized spacial score (nSPS) is 29.1. The van der Waals surface area contributed by atoms with Crippen LogP contribution in [0.1, 0.15) is 50.2 Å². The minimum Gasteiger partial charge on any atom is -0.353 e. The molecule has 1 amide bonds. The van der Waals surface area contributed by atoms with E-state index in [0.717, 1.165) is 19.4 Å². The van der Waals surface area contributed by atoms with Gasteiger partial charge in [-0.2, -0.15) is 0 Å². The summed E-state index contributed by atoms with van der Waals surface area (Å²) in [6, 6.07) is 10.6. The fourth-order valence-electron chi connectivity index (χ4n) is 4.05. The average molecular weight is 286 g/mol. The van der Waals surface area contributed by atoms with Crippen molar-refractivity contribution in [1.29, 1.82) is 0 Å². The molecule has 2 heterocycles. The molecular weight excluding hydrogens is 260 g/mol. The molecule has 3 heteroatoms. The van der Waals surface area contributed by atoms with Gasteiger partial charge >= 0.3 is 0 Å². The standard InChI is InChI=1S/C18H26N2O/c1-13-6-8-15(9-7-13)12-20-17-4-3-5-18(20)11-16(10-17)19-14(2)21/h6-9,16-18H,3-5,10-12H2,1-2H3,(H,19,21)/t16?,17-,18+. The molecule has 1 aromatic rings. The second kappa shape index (κ2) is 6.18. The number of piperidine rings is 2. The molecule has 0 radical (unpaired) electrons. The summed E-state index contributed by atoms with van der Waals surface area (Å²) in [5, 5.41) is 3.14. The Labute approximate surface area is 127 Å². The molecule has 0 spiro atoms. The van der Waals surface area contributed by atoms with Crippen LogP contribution in [0.4, 0.5) is 0 Å². The number of rotatable bonds is 3. The van der Waals surface area contributed by atoms with Gasteiger partial charge in [-0.3, -0.25) is 9.69 Å². The van der Waals surface area contributed by atoms with Crippen molar-refractivity contribution < 1.29 is 4.79 Å². The SMILES string of the molecule is CC(=O)NC1C[C@H]2CCC[C@@H](C1)N2Cc1ccc(C)cc1. The molecule has 1 N–H and O–H groups in total. The van der Waals surface area contributed by atoms with Gasteiger partial charge in [-0.15, -0.1) is 0 Å². The topological polar surface area (TPSA) is 32.3 Å². The molecule has 2 saturated heterocycles. The third kappa shape index (κ3) is 3.46. The zero-order chi connectivity index (χ0) is 14.8. The van der Waals surface area contributed by atoms with Gasteiger partial charge in [0.15, 0.2) is 0 Å². The number of hydrogen-bond donors (Lipinski definition) is 1. The molecule has 114 valence electrons. The first-order chi connectivity index (χ1) is 10.1. The smallest absolute Gasteiger partial charge is 0.217 e. The number of aryl methyl sites for hydroxylation is 1. The van der Waals surface area contributed by atoms with Crippen molar-refractivity contribution in [3.63, 3.8) is 0 Å². The number of carbonyl (C=O) groups is 1. The van der Waals surface area contributed by atoms with Gasteiger partial charge in [0.2, 0.25) is 5.91 Å². The highest BCUT2D eigenvalue weighted by molar-refractivity contribution is 5.73. The van der Waals surface area contributed by atoms with Crippen molar-refractivity contribution in [2.45, 2.75) is 70.6 Å². The second-order valence-corrected chi connectivity index (χ2v) is 6.77. The molecule has 0 aromatic heterocycles. The van der Waals surface area contributed by atoms with Gasteiger partial charge in [0.25, 0.3) is 0 Å². The summed E-state index contributed by atoms with van der Waals surface area (Å²) >= 11 is 0. The molecule has 3 rings (SSSR count). The Balaban J connectivity index is 1.68. The van der Waals surface area contributed by atoms with E-state index in [-0.39, 0.29) is 5.91 Å². The minimum absolute atomic E-state index is 0.116. The van der Waals surface area contributed by atoms with Crippen LogP contribution in [0.25, 0.3) is 0 Å². The minimum atomic E-state index is 0.116. The van der Waals surface area contributed by atoms with Gasteiger partial charge in [-0.05, 0) is 38.2 Å². The molecular formula is C18H26N2O. The largest absolute Gasteiger partial charge is 0.353 e. The van der Waals surface area contributed by atoms with Gasteiger partial charge in [-0.25, -0.2) is 0 Å². The third-order valence-electron chi connectivity index (χ3n) is 5.02. The van der Waals surface area contributed by atoms with Crippen LogP contribution in [-0.2, 0) is 11.3 Å². The Hall–Kier alpha value is -1.35. The Morgan fingerprint density at radius 1 is 1.19 bits per heavy atom. The molecule has 2 aliphatic heterocycles. The van der Waals surface area contributed by atoms with Gasteiger partial charge in [-0.1, -0.05) is 36.2 Å². The third-order valence-corrected chi connectivity index (χ3v) is 5.02. The average Bonchev–Trinajstić information content (AvgIpc) is 2.41. The van der Waals surface area contributed by atoms with Crippen molar-refractivity contribution in [3.05, 3.63) is 35.4 Å². The van der Waals surface area contributed by atoms with Crippen LogP contribution in [-0.4, -0.2) is 28.9 Å². The molecule has 0 saturated carbocycles. The van der Waals surface area contributed by atoms with E-state index in [0.29, 0.717) is 18.1 Å². The number of nitrogens with zero attached hydrogens (tertiary/aromatic N) is 1. The maximum atomic E-state index is 11.3. The predicted molar refractivity (Wildman–Crippen MR) is 85.0 cm³/mol. The monoisotopic (exact) mass is 286 g/mol. The molecule has 1 aromatic carbocycles. The van der Waals surface area contributed by atoms with Crippen LogP contribution in [0.15, 0.2) is 24.3 Å². The number of amides is 1. The molecule has 21 heavy (non-hydrogen) atoms. The number of fused-ring (bicyclic) bond motifs is 2. The number of carbonyl (C=O) groups excluding carboxylic acids is 1. The quantitative estimate of drug-likeness (QED) is 0.926. The lowest BCUT2D eigenvalue weighted by atomic mass is 9.81. The summed E-state index contributed by atoms with van der Waals surface area (Å²) in [5.41, 5.74) is 2.73. The van der Waals surface area contributed by atoms with Gasteiger partial charge < -0.3 is 5.32 Å².